The molecule has 0 spiro atoms. The number of carbonyl (C=O) groups excluding carboxylic acids is 1. The molecule has 0 atom stereocenters. The number of nitrogens with one attached hydrogen (secondary N) is 1. The fourth-order valence-corrected chi connectivity index (χ4v) is 3.12. The van der Waals surface area contributed by atoms with Crippen LogP contribution in [-0.4, -0.2) is 43.8 Å². The smallest absolute Gasteiger partial charge is 0.269 e. The van der Waals surface area contributed by atoms with Crippen LogP contribution in [0.5, 0.6) is 0 Å². The summed E-state index contributed by atoms with van der Waals surface area (Å²) in [5.41, 5.74) is -1.54. The molecule has 9 heteroatoms. The van der Waals surface area contributed by atoms with Crippen molar-refractivity contribution in [3.63, 3.8) is 0 Å². The third-order valence-corrected chi connectivity index (χ3v) is 4.36. The number of benzene rings is 1. The van der Waals surface area contributed by atoms with Gasteiger partial charge in [-0.1, -0.05) is 0 Å². The normalized spacial score (nSPS) is 12.0. The predicted molar refractivity (Wildman–Crippen MR) is 76.2 cm³/mol. The zero-order valence-corrected chi connectivity index (χ0v) is 13.0. The Morgan fingerprint density at radius 3 is 2.10 bits per heavy atom. The summed E-state index contributed by atoms with van der Waals surface area (Å²) in [4.78, 5) is 23.0. The molecule has 0 aromatic heterocycles. The van der Waals surface area contributed by atoms with Crippen LogP contribution in [0.3, 0.4) is 0 Å². The van der Waals surface area contributed by atoms with Gasteiger partial charge < -0.3 is 4.90 Å². The van der Waals surface area contributed by atoms with Gasteiger partial charge in [-0.15, -0.1) is 0 Å². The molecule has 21 heavy (non-hydrogen) atoms. The molecule has 0 aliphatic heterocycles. The summed E-state index contributed by atoms with van der Waals surface area (Å²) < 4.78 is 26.7. The molecular weight excluding hydrogens is 298 g/mol. The Kier molecular flexibility index (Phi) is 4.69. The van der Waals surface area contributed by atoms with Crippen molar-refractivity contribution in [1.29, 1.82) is 0 Å². The molecule has 1 N–H and O–H groups in total. The van der Waals surface area contributed by atoms with Crippen LogP contribution in [0.4, 0.5) is 5.69 Å². The number of likely N-dealkylation sites (N-methyl/N-ethyl adjacent to an activating group) is 1. The van der Waals surface area contributed by atoms with Crippen molar-refractivity contribution < 1.29 is 18.1 Å². The van der Waals surface area contributed by atoms with E-state index in [9.17, 15) is 23.3 Å². The molecule has 0 saturated carbocycles. The molecular formula is C12H17N3O5S. The van der Waals surface area contributed by atoms with Crippen LogP contribution >= 0.6 is 0 Å². The molecule has 1 rings (SSSR count). The van der Waals surface area contributed by atoms with Gasteiger partial charge in [0.05, 0.1) is 9.82 Å². The highest BCUT2D eigenvalue weighted by molar-refractivity contribution is 7.89. The third kappa shape index (κ3) is 3.99. The number of sulfonamides is 1. The summed E-state index contributed by atoms with van der Waals surface area (Å²) in [5, 5.41) is 10.5. The third-order valence-electron chi connectivity index (χ3n) is 2.69. The Morgan fingerprint density at radius 1 is 1.24 bits per heavy atom. The van der Waals surface area contributed by atoms with Crippen molar-refractivity contribution in [1.82, 2.24) is 9.62 Å². The second kappa shape index (κ2) is 5.78. The molecule has 0 aliphatic carbocycles. The summed E-state index contributed by atoms with van der Waals surface area (Å²) in [6.07, 6.45) is 0. The maximum Gasteiger partial charge on any atom is 0.269 e. The lowest BCUT2D eigenvalue weighted by Crippen LogP contribution is -2.54. The highest BCUT2D eigenvalue weighted by Gasteiger charge is 2.34. The maximum atomic E-state index is 12.2. The Bertz CT molecular complexity index is 650. The van der Waals surface area contributed by atoms with E-state index in [2.05, 4.69) is 4.72 Å². The minimum absolute atomic E-state index is 0.146. The van der Waals surface area contributed by atoms with Crippen LogP contribution in [0.15, 0.2) is 29.2 Å². The van der Waals surface area contributed by atoms with Gasteiger partial charge in [0.15, 0.2) is 0 Å². The van der Waals surface area contributed by atoms with E-state index in [0.717, 1.165) is 24.3 Å². The number of nitro groups is 1. The molecule has 0 unspecified atom stereocenters. The molecule has 1 aromatic carbocycles. The van der Waals surface area contributed by atoms with Crippen molar-refractivity contribution in [2.24, 2.45) is 0 Å². The quantitative estimate of drug-likeness (QED) is 0.636. The van der Waals surface area contributed by atoms with E-state index >= 15 is 0 Å². The lowest BCUT2D eigenvalue weighted by atomic mass is 10.1. The number of amides is 1. The van der Waals surface area contributed by atoms with E-state index in [1.165, 1.54) is 32.8 Å². The standard InChI is InChI=1S/C12H17N3O5S/c1-12(2,11(16)14(3)4)13-21(19,20)10-7-5-9(6-8-10)15(17)18/h5-8,13H,1-4H3. The zero-order valence-electron chi connectivity index (χ0n) is 12.2. The molecule has 1 aromatic rings. The number of nitrogens with zero attached hydrogens (tertiary/aromatic N) is 2. The van der Waals surface area contributed by atoms with E-state index in [0.29, 0.717) is 0 Å². The molecule has 1 amide bonds. The van der Waals surface area contributed by atoms with Crippen molar-refractivity contribution in [3.05, 3.63) is 34.4 Å². The first-order valence-electron chi connectivity index (χ1n) is 5.97. The Labute approximate surface area is 123 Å². The second-order valence-corrected chi connectivity index (χ2v) is 6.86. The van der Waals surface area contributed by atoms with Gasteiger partial charge in [0.25, 0.3) is 5.69 Å². The molecule has 0 bridgehead atoms. The first-order valence-corrected chi connectivity index (χ1v) is 7.46. The minimum atomic E-state index is -3.96. The fourth-order valence-electron chi connectivity index (χ4n) is 1.74. The fraction of sp³-hybridized carbons (Fsp3) is 0.417. The average Bonchev–Trinajstić information content (AvgIpc) is 2.36. The maximum absolute atomic E-state index is 12.2. The highest BCUT2D eigenvalue weighted by Crippen LogP contribution is 2.18. The van der Waals surface area contributed by atoms with Crippen molar-refractivity contribution in [2.75, 3.05) is 14.1 Å². The van der Waals surface area contributed by atoms with Gasteiger partial charge in [0, 0.05) is 26.2 Å². The summed E-state index contributed by atoms with van der Waals surface area (Å²) in [5.74, 6) is -0.409. The Balaban J connectivity index is 3.06. The van der Waals surface area contributed by atoms with E-state index in [-0.39, 0.29) is 10.6 Å². The number of hydrogen-bond donors (Lipinski definition) is 1. The van der Waals surface area contributed by atoms with Gasteiger partial charge in [-0.2, -0.15) is 4.72 Å². The first-order chi connectivity index (χ1) is 9.47. The number of non-ortho nitro benzene ring substituents is 1. The van der Waals surface area contributed by atoms with Crippen LogP contribution in [0.1, 0.15) is 13.8 Å². The van der Waals surface area contributed by atoms with Crippen LogP contribution in [-0.2, 0) is 14.8 Å². The van der Waals surface area contributed by atoms with Crippen molar-refractivity contribution in [3.8, 4) is 0 Å². The topological polar surface area (TPSA) is 110 Å². The van der Waals surface area contributed by atoms with Crippen LogP contribution in [0.25, 0.3) is 0 Å². The number of nitro benzene ring substituents is 1. The molecule has 0 fully saturated rings. The zero-order chi connectivity index (χ0) is 16.4. The van der Waals surface area contributed by atoms with Gasteiger partial charge in [0.2, 0.25) is 15.9 Å². The van der Waals surface area contributed by atoms with Gasteiger partial charge >= 0.3 is 0 Å². The number of rotatable bonds is 5. The minimum Gasteiger partial charge on any atom is -0.347 e. The second-order valence-electron chi connectivity index (χ2n) is 5.18. The molecule has 0 radical (unpaired) electrons. The number of hydrogen-bond acceptors (Lipinski definition) is 5. The highest BCUT2D eigenvalue weighted by atomic mass is 32.2. The van der Waals surface area contributed by atoms with Crippen molar-refractivity contribution in [2.45, 2.75) is 24.3 Å². The Hall–Kier alpha value is -2.00. The first kappa shape index (κ1) is 17.1. The SMILES string of the molecule is CN(C)C(=O)C(C)(C)NS(=O)(=O)c1ccc([N+](=O)[O-])cc1. The van der Waals surface area contributed by atoms with E-state index < -0.39 is 26.4 Å². The van der Waals surface area contributed by atoms with Gasteiger partial charge in [-0.05, 0) is 26.0 Å². The lowest BCUT2D eigenvalue weighted by Gasteiger charge is -2.27. The molecule has 0 saturated heterocycles. The average molecular weight is 315 g/mol. The molecule has 0 heterocycles. The monoisotopic (exact) mass is 315 g/mol. The lowest BCUT2D eigenvalue weighted by molar-refractivity contribution is -0.384. The largest absolute Gasteiger partial charge is 0.347 e. The molecule has 8 nitrogen and oxygen atoms in total. The van der Waals surface area contributed by atoms with E-state index in [1.807, 2.05) is 0 Å². The van der Waals surface area contributed by atoms with Crippen molar-refractivity contribution >= 4 is 21.6 Å². The van der Waals surface area contributed by atoms with E-state index in [4.69, 9.17) is 0 Å². The van der Waals surface area contributed by atoms with E-state index in [1.54, 1.807) is 0 Å². The Morgan fingerprint density at radius 2 is 1.71 bits per heavy atom. The number of carbonyl (C=O) groups is 1. The van der Waals surface area contributed by atoms with Crippen LogP contribution < -0.4 is 4.72 Å². The predicted octanol–water partition coefficient (Wildman–Crippen LogP) is 0.740. The summed E-state index contributed by atoms with van der Waals surface area (Å²) in [6.45, 7) is 2.89. The van der Waals surface area contributed by atoms with Gasteiger partial charge in [-0.3, -0.25) is 14.9 Å². The molecule has 0 aliphatic rings. The van der Waals surface area contributed by atoms with Gasteiger partial charge in [0.1, 0.15) is 5.54 Å². The van der Waals surface area contributed by atoms with Crippen LogP contribution in [0, 0.1) is 10.1 Å². The van der Waals surface area contributed by atoms with Crippen LogP contribution in [0.2, 0.25) is 0 Å². The van der Waals surface area contributed by atoms with Gasteiger partial charge in [-0.25, -0.2) is 8.42 Å². The summed E-state index contributed by atoms with van der Waals surface area (Å²) in [6, 6.07) is 4.43. The molecule has 116 valence electrons. The summed E-state index contributed by atoms with van der Waals surface area (Å²) >= 11 is 0. The summed E-state index contributed by atoms with van der Waals surface area (Å²) in [7, 11) is -0.923.